The number of nitrogens with two attached hydrogens (primary N) is 1. The molecule has 0 aromatic heterocycles. The van der Waals surface area contributed by atoms with Crippen LogP contribution in [0.15, 0.2) is 70.5 Å². The summed E-state index contributed by atoms with van der Waals surface area (Å²) in [4.78, 5) is 1.99. The molecule has 0 aliphatic carbocycles. The van der Waals surface area contributed by atoms with Gasteiger partial charge in [0.2, 0.25) is 0 Å². The SMILES string of the molecule is Cc1ccc(Sc2ccc(-c3ccc(CCC(N)(CO)CO)cc3)c(F)c2)c(C)c1. The van der Waals surface area contributed by atoms with Gasteiger partial charge in [0.1, 0.15) is 5.82 Å². The van der Waals surface area contributed by atoms with Gasteiger partial charge in [-0.25, -0.2) is 4.39 Å². The molecule has 0 aliphatic heterocycles. The van der Waals surface area contributed by atoms with Crippen molar-refractivity contribution in [3.05, 3.63) is 83.2 Å². The number of aryl methyl sites for hydroxylation is 3. The fourth-order valence-electron chi connectivity index (χ4n) is 3.29. The minimum absolute atomic E-state index is 0.251. The van der Waals surface area contributed by atoms with E-state index in [9.17, 15) is 14.6 Å². The highest BCUT2D eigenvalue weighted by molar-refractivity contribution is 7.99. The molecule has 0 fully saturated rings. The van der Waals surface area contributed by atoms with Crippen LogP contribution in [-0.4, -0.2) is 29.0 Å². The van der Waals surface area contributed by atoms with E-state index in [0.717, 1.165) is 20.9 Å². The molecule has 0 atom stereocenters. The molecule has 0 unspecified atom stereocenters. The molecular formula is C25H28FNO2S. The van der Waals surface area contributed by atoms with Gasteiger partial charge >= 0.3 is 0 Å². The van der Waals surface area contributed by atoms with Crippen molar-refractivity contribution in [1.82, 2.24) is 0 Å². The molecular weight excluding hydrogens is 397 g/mol. The summed E-state index contributed by atoms with van der Waals surface area (Å²) in [5.74, 6) is -0.251. The molecule has 4 N–H and O–H groups in total. The van der Waals surface area contributed by atoms with E-state index < -0.39 is 5.54 Å². The molecule has 0 aliphatic rings. The molecule has 0 saturated carbocycles. The number of hydrogen-bond acceptors (Lipinski definition) is 4. The molecule has 3 aromatic carbocycles. The number of hydrogen-bond donors (Lipinski definition) is 3. The van der Waals surface area contributed by atoms with E-state index >= 15 is 0 Å². The Bertz CT molecular complexity index is 1000. The third-order valence-electron chi connectivity index (χ3n) is 5.31. The van der Waals surface area contributed by atoms with Crippen molar-refractivity contribution in [2.24, 2.45) is 5.73 Å². The van der Waals surface area contributed by atoms with Crippen LogP contribution in [0.4, 0.5) is 4.39 Å². The molecule has 0 heterocycles. The molecule has 3 aromatic rings. The lowest BCUT2D eigenvalue weighted by Gasteiger charge is -2.24. The van der Waals surface area contributed by atoms with Crippen LogP contribution in [0.1, 0.15) is 23.1 Å². The maximum atomic E-state index is 14.8. The summed E-state index contributed by atoms with van der Waals surface area (Å²) in [5.41, 5.74) is 9.73. The zero-order valence-electron chi connectivity index (χ0n) is 17.4. The Hall–Kier alpha value is -2.18. The summed E-state index contributed by atoms with van der Waals surface area (Å²) in [6.07, 6.45) is 1.10. The summed E-state index contributed by atoms with van der Waals surface area (Å²) in [5, 5.41) is 18.6. The monoisotopic (exact) mass is 425 g/mol. The summed E-state index contributed by atoms with van der Waals surface area (Å²) >= 11 is 1.56. The molecule has 3 nitrogen and oxygen atoms in total. The van der Waals surface area contributed by atoms with Crippen molar-refractivity contribution in [2.45, 2.75) is 42.0 Å². The van der Waals surface area contributed by atoms with E-state index in [4.69, 9.17) is 5.73 Å². The van der Waals surface area contributed by atoms with E-state index in [1.54, 1.807) is 17.8 Å². The van der Waals surface area contributed by atoms with Gasteiger partial charge in [-0.15, -0.1) is 0 Å². The largest absolute Gasteiger partial charge is 0.394 e. The molecule has 5 heteroatoms. The maximum absolute atomic E-state index is 14.8. The van der Waals surface area contributed by atoms with E-state index in [1.807, 2.05) is 36.4 Å². The van der Waals surface area contributed by atoms with Gasteiger partial charge in [-0.05, 0) is 61.6 Å². The molecule has 158 valence electrons. The van der Waals surface area contributed by atoms with E-state index in [-0.39, 0.29) is 19.0 Å². The van der Waals surface area contributed by atoms with Crippen LogP contribution >= 0.6 is 11.8 Å². The average molecular weight is 426 g/mol. The minimum Gasteiger partial charge on any atom is -0.394 e. The summed E-state index contributed by atoms with van der Waals surface area (Å²) in [6, 6.07) is 19.3. The van der Waals surface area contributed by atoms with Gasteiger partial charge in [-0.3, -0.25) is 0 Å². The number of aliphatic hydroxyl groups excluding tert-OH is 2. The van der Waals surface area contributed by atoms with E-state index in [2.05, 4.69) is 32.0 Å². The summed E-state index contributed by atoms with van der Waals surface area (Å²) < 4.78 is 14.8. The van der Waals surface area contributed by atoms with Gasteiger partial charge in [0, 0.05) is 15.4 Å². The highest BCUT2D eigenvalue weighted by Crippen LogP contribution is 2.33. The fraction of sp³-hybridized carbons (Fsp3) is 0.280. The molecule has 0 radical (unpaired) electrons. The third-order valence-corrected chi connectivity index (χ3v) is 6.47. The predicted octanol–water partition coefficient (Wildman–Crippen LogP) is 4.88. The Morgan fingerprint density at radius 2 is 1.63 bits per heavy atom. The van der Waals surface area contributed by atoms with Crippen molar-refractivity contribution in [2.75, 3.05) is 13.2 Å². The first-order valence-corrected chi connectivity index (χ1v) is 10.8. The zero-order chi connectivity index (χ0) is 21.7. The number of benzene rings is 3. The van der Waals surface area contributed by atoms with Crippen molar-refractivity contribution in [3.8, 4) is 11.1 Å². The maximum Gasteiger partial charge on any atom is 0.132 e. The van der Waals surface area contributed by atoms with Crippen LogP contribution in [0.2, 0.25) is 0 Å². The van der Waals surface area contributed by atoms with Crippen LogP contribution < -0.4 is 5.73 Å². The topological polar surface area (TPSA) is 66.5 Å². The normalized spacial score (nSPS) is 11.7. The number of halogens is 1. The molecule has 3 rings (SSSR count). The average Bonchev–Trinajstić information content (AvgIpc) is 2.75. The van der Waals surface area contributed by atoms with Crippen molar-refractivity contribution >= 4 is 11.8 Å². The highest BCUT2D eigenvalue weighted by atomic mass is 32.2. The first-order valence-electron chi connectivity index (χ1n) is 9.98. The smallest absolute Gasteiger partial charge is 0.132 e. The van der Waals surface area contributed by atoms with Crippen LogP contribution in [0.25, 0.3) is 11.1 Å². The fourth-order valence-corrected chi connectivity index (χ4v) is 4.20. The standard InChI is InChI=1S/C25H28FNO2S/c1-17-3-10-24(18(2)13-17)30-21-8-9-22(23(26)14-21)20-6-4-19(5-7-20)11-12-25(27,15-28)16-29/h3-10,13-14,28-29H,11-12,15-16,27H2,1-2H3. The minimum atomic E-state index is -0.978. The second-order valence-corrected chi connectivity index (χ2v) is 9.00. The molecule has 0 saturated heterocycles. The molecule has 0 spiro atoms. The van der Waals surface area contributed by atoms with Gasteiger partial charge < -0.3 is 15.9 Å². The van der Waals surface area contributed by atoms with Gasteiger partial charge in [-0.1, -0.05) is 59.8 Å². The second-order valence-electron chi connectivity index (χ2n) is 7.89. The van der Waals surface area contributed by atoms with Gasteiger partial charge in [-0.2, -0.15) is 0 Å². The van der Waals surface area contributed by atoms with Gasteiger partial charge in [0.15, 0.2) is 0 Å². The summed E-state index contributed by atoms with van der Waals surface area (Å²) in [6.45, 7) is 3.60. The Morgan fingerprint density at radius 3 is 2.23 bits per heavy atom. The first kappa shape index (κ1) is 22.5. The van der Waals surface area contributed by atoms with Crippen LogP contribution in [0, 0.1) is 19.7 Å². The van der Waals surface area contributed by atoms with Crippen molar-refractivity contribution in [3.63, 3.8) is 0 Å². The second kappa shape index (κ2) is 9.75. The Morgan fingerprint density at radius 1 is 0.933 bits per heavy atom. The van der Waals surface area contributed by atoms with Crippen LogP contribution in [-0.2, 0) is 6.42 Å². The highest BCUT2D eigenvalue weighted by Gasteiger charge is 2.22. The van der Waals surface area contributed by atoms with Crippen molar-refractivity contribution < 1.29 is 14.6 Å². The lowest BCUT2D eigenvalue weighted by atomic mass is 9.93. The Balaban J connectivity index is 1.72. The van der Waals surface area contributed by atoms with Crippen LogP contribution in [0.3, 0.4) is 0 Å². The Labute approximate surface area is 181 Å². The predicted molar refractivity (Wildman–Crippen MR) is 121 cm³/mol. The zero-order valence-corrected chi connectivity index (χ0v) is 18.2. The molecule has 30 heavy (non-hydrogen) atoms. The molecule has 0 amide bonds. The number of aliphatic hydroxyl groups is 2. The van der Waals surface area contributed by atoms with Gasteiger partial charge in [0.05, 0.1) is 18.8 Å². The quantitative estimate of drug-likeness (QED) is 0.481. The number of rotatable bonds is 8. The van der Waals surface area contributed by atoms with E-state index in [1.165, 1.54) is 11.1 Å². The first-order chi connectivity index (χ1) is 14.3. The lowest BCUT2D eigenvalue weighted by molar-refractivity contribution is 0.115. The third kappa shape index (κ3) is 5.49. The van der Waals surface area contributed by atoms with E-state index in [0.29, 0.717) is 18.4 Å². The summed E-state index contributed by atoms with van der Waals surface area (Å²) in [7, 11) is 0. The van der Waals surface area contributed by atoms with Crippen molar-refractivity contribution in [1.29, 1.82) is 0 Å². The molecule has 0 bridgehead atoms. The lowest BCUT2D eigenvalue weighted by Crippen LogP contribution is -2.47. The Kier molecular flexibility index (Phi) is 7.32. The van der Waals surface area contributed by atoms with Crippen LogP contribution in [0.5, 0.6) is 0 Å². The van der Waals surface area contributed by atoms with Gasteiger partial charge in [0.25, 0.3) is 0 Å².